The number of likely N-dealkylation sites (N-methyl/N-ethyl adjacent to an activating group) is 1. The summed E-state index contributed by atoms with van der Waals surface area (Å²) in [5, 5.41) is 6.78. The summed E-state index contributed by atoms with van der Waals surface area (Å²) in [6.07, 6.45) is -0.658. The lowest BCUT2D eigenvalue weighted by molar-refractivity contribution is -0.137. The normalized spacial score (nSPS) is 12.0. The number of hydrogen-bond acceptors (Lipinski definition) is 5. The quantitative estimate of drug-likeness (QED) is 0.439. The largest absolute Gasteiger partial charge is 0.481 e. The minimum Gasteiger partial charge on any atom is -0.481 e. The maximum Gasteiger partial charge on any atom is 0.263 e. The van der Waals surface area contributed by atoms with E-state index in [9.17, 15) is 4.79 Å². The molecular weight excluding hydrogens is 402 g/mol. The number of fused-ring (bicyclic) bond motifs is 1. The monoisotopic (exact) mass is 421 g/mol. The van der Waals surface area contributed by atoms with Crippen molar-refractivity contribution in [3.05, 3.63) is 77.6 Å². The van der Waals surface area contributed by atoms with E-state index in [1.54, 1.807) is 26.1 Å². The van der Waals surface area contributed by atoms with Crippen molar-refractivity contribution in [3.8, 4) is 17.1 Å². The first-order chi connectivity index (χ1) is 14.5. The van der Waals surface area contributed by atoms with E-state index in [0.717, 1.165) is 16.3 Å². The second kappa shape index (κ2) is 8.55. The van der Waals surface area contributed by atoms with Crippen LogP contribution in [0.4, 0.5) is 0 Å². The predicted octanol–water partition coefficient (Wildman–Crippen LogP) is 4.97. The highest BCUT2D eigenvalue weighted by Gasteiger charge is 2.21. The van der Waals surface area contributed by atoms with Gasteiger partial charge in [0.15, 0.2) is 6.10 Å². The van der Waals surface area contributed by atoms with E-state index in [1.165, 1.54) is 4.90 Å². The molecule has 30 heavy (non-hydrogen) atoms. The lowest BCUT2D eigenvalue weighted by Gasteiger charge is -2.21. The SMILES string of the molecule is CC(Oc1ccc2ccccc2c1)C(=O)N(C)Cc1nc(-c2ccc(Cl)cc2)no1. The van der Waals surface area contributed by atoms with Gasteiger partial charge in [0.25, 0.3) is 5.91 Å². The smallest absolute Gasteiger partial charge is 0.263 e. The van der Waals surface area contributed by atoms with Gasteiger partial charge in [-0.1, -0.05) is 47.1 Å². The number of rotatable bonds is 6. The van der Waals surface area contributed by atoms with Crippen LogP contribution in [0.5, 0.6) is 5.75 Å². The molecular formula is C23H20ClN3O3. The molecule has 0 N–H and O–H groups in total. The number of nitrogens with zero attached hydrogens (tertiary/aromatic N) is 3. The molecule has 1 amide bonds. The number of ether oxygens (including phenoxy) is 1. The average Bonchev–Trinajstić information content (AvgIpc) is 3.22. The summed E-state index contributed by atoms with van der Waals surface area (Å²) in [6.45, 7) is 1.91. The van der Waals surface area contributed by atoms with Crippen molar-refractivity contribution in [2.24, 2.45) is 0 Å². The number of amides is 1. The molecule has 0 bridgehead atoms. The number of aromatic nitrogens is 2. The molecule has 0 aliphatic heterocycles. The molecule has 0 saturated carbocycles. The van der Waals surface area contributed by atoms with E-state index in [0.29, 0.717) is 22.5 Å². The standard InChI is InChI=1S/C23H20ClN3O3/c1-15(29-20-12-9-16-5-3-4-6-18(16)13-20)23(28)27(2)14-21-25-22(26-30-21)17-7-10-19(24)11-8-17/h3-13,15H,14H2,1-2H3. The van der Waals surface area contributed by atoms with Crippen LogP contribution in [-0.2, 0) is 11.3 Å². The molecule has 7 heteroatoms. The molecule has 1 aromatic heterocycles. The Kier molecular flexibility index (Phi) is 5.68. The maximum atomic E-state index is 12.7. The molecule has 0 radical (unpaired) electrons. The summed E-state index contributed by atoms with van der Waals surface area (Å²) in [5.41, 5.74) is 0.788. The van der Waals surface area contributed by atoms with Crippen molar-refractivity contribution >= 4 is 28.3 Å². The Morgan fingerprint density at radius 2 is 1.83 bits per heavy atom. The van der Waals surface area contributed by atoms with E-state index in [4.69, 9.17) is 20.9 Å². The van der Waals surface area contributed by atoms with E-state index >= 15 is 0 Å². The lowest BCUT2D eigenvalue weighted by Crippen LogP contribution is -2.37. The molecule has 1 unspecified atom stereocenters. The van der Waals surface area contributed by atoms with E-state index in [2.05, 4.69) is 10.1 Å². The maximum absolute atomic E-state index is 12.7. The summed E-state index contributed by atoms with van der Waals surface area (Å²) in [5.74, 6) is 1.25. The van der Waals surface area contributed by atoms with Crippen LogP contribution >= 0.6 is 11.6 Å². The molecule has 152 valence electrons. The highest BCUT2D eigenvalue weighted by atomic mass is 35.5. The first-order valence-electron chi connectivity index (χ1n) is 9.48. The van der Waals surface area contributed by atoms with Gasteiger partial charge in [0.2, 0.25) is 11.7 Å². The Balaban J connectivity index is 1.39. The van der Waals surface area contributed by atoms with Crippen LogP contribution in [-0.4, -0.2) is 34.1 Å². The Hall–Kier alpha value is -3.38. The Morgan fingerprint density at radius 1 is 1.10 bits per heavy atom. The van der Waals surface area contributed by atoms with Crippen LogP contribution in [0.25, 0.3) is 22.2 Å². The topological polar surface area (TPSA) is 68.5 Å². The zero-order chi connectivity index (χ0) is 21.1. The average molecular weight is 422 g/mol. The Bertz CT molecular complexity index is 1170. The fraction of sp³-hybridized carbons (Fsp3) is 0.174. The van der Waals surface area contributed by atoms with Gasteiger partial charge >= 0.3 is 0 Å². The third-order valence-corrected chi connectivity index (χ3v) is 4.95. The zero-order valence-corrected chi connectivity index (χ0v) is 17.3. The predicted molar refractivity (Wildman–Crippen MR) is 115 cm³/mol. The van der Waals surface area contributed by atoms with Crippen LogP contribution in [0.3, 0.4) is 0 Å². The third-order valence-electron chi connectivity index (χ3n) is 4.70. The highest BCUT2D eigenvalue weighted by Crippen LogP contribution is 2.22. The van der Waals surface area contributed by atoms with Crippen molar-refractivity contribution in [2.45, 2.75) is 19.6 Å². The van der Waals surface area contributed by atoms with Gasteiger partial charge < -0.3 is 14.2 Å². The van der Waals surface area contributed by atoms with Crippen molar-refractivity contribution in [1.29, 1.82) is 0 Å². The summed E-state index contributed by atoms with van der Waals surface area (Å²) in [7, 11) is 1.68. The van der Waals surface area contributed by atoms with Gasteiger partial charge in [-0.2, -0.15) is 4.98 Å². The molecule has 0 aliphatic rings. The molecule has 0 aliphatic carbocycles. The molecule has 0 fully saturated rings. The van der Waals surface area contributed by atoms with Crippen LogP contribution < -0.4 is 4.74 Å². The number of carbonyl (C=O) groups excluding carboxylic acids is 1. The summed E-state index contributed by atoms with van der Waals surface area (Å²) < 4.78 is 11.1. The van der Waals surface area contributed by atoms with Gasteiger partial charge in [-0.15, -0.1) is 0 Å². The summed E-state index contributed by atoms with van der Waals surface area (Å²) in [6, 6.07) is 20.9. The van der Waals surface area contributed by atoms with Gasteiger partial charge in [0.05, 0.1) is 6.54 Å². The fourth-order valence-electron chi connectivity index (χ4n) is 3.12. The molecule has 1 atom stereocenters. The van der Waals surface area contributed by atoms with Crippen molar-refractivity contribution in [1.82, 2.24) is 15.0 Å². The molecule has 3 aromatic carbocycles. The first kappa shape index (κ1) is 19.9. The van der Waals surface area contributed by atoms with Gasteiger partial charge in [0, 0.05) is 17.6 Å². The zero-order valence-electron chi connectivity index (χ0n) is 16.6. The van der Waals surface area contributed by atoms with Gasteiger partial charge in [-0.3, -0.25) is 4.79 Å². The number of hydrogen-bond donors (Lipinski definition) is 0. The molecule has 4 aromatic rings. The lowest BCUT2D eigenvalue weighted by atomic mass is 10.1. The third kappa shape index (κ3) is 4.44. The minimum absolute atomic E-state index is 0.185. The van der Waals surface area contributed by atoms with Crippen molar-refractivity contribution in [3.63, 3.8) is 0 Å². The number of benzene rings is 3. The number of halogens is 1. The molecule has 6 nitrogen and oxygen atoms in total. The van der Waals surface area contributed by atoms with Crippen molar-refractivity contribution in [2.75, 3.05) is 7.05 Å². The van der Waals surface area contributed by atoms with E-state index in [-0.39, 0.29) is 12.5 Å². The highest BCUT2D eigenvalue weighted by molar-refractivity contribution is 6.30. The second-order valence-electron chi connectivity index (χ2n) is 6.98. The Morgan fingerprint density at radius 3 is 2.60 bits per heavy atom. The molecule has 4 rings (SSSR count). The number of carbonyl (C=O) groups is 1. The van der Waals surface area contributed by atoms with E-state index < -0.39 is 6.10 Å². The van der Waals surface area contributed by atoms with Crippen molar-refractivity contribution < 1.29 is 14.1 Å². The molecule has 1 heterocycles. The van der Waals surface area contributed by atoms with Crippen LogP contribution in [0.15, 0.2) is 71.3 Å². The first-order valence-corrected chi connectivity index (χ1v) is 9.86. The van der Waals surface area contributed by atoms with E-state index in [1.807, 2.05) is 54.6 Å². The Labute approximate surface area is 179 Å². The summed E-state index contributed by atoms with van der Waals surface area (Å²) >= 11 is 5.90. The van der Waals surface area contributed by atoms with Gasteiger partial charge in [-0.25, -0.2) is 0 Å². The molecule has 0 saturated heterocycles. The van der Waals surface area contributed by atoms with Crippen LogP contribution in [0.1, 0.15) is 12.8 Å². The van der Waals surface area contributed by atoms with Crippen LogP contribution in [0.2, 0.25) is 5.02 Å². The second-order valence-corrected chi connectivity index (χ2v) is 7.42. The van der Waals surface area contributed by atoms with Gasteiger partial charge in [-0.05, 0) is 54.1 Å². The van der Waals surface area contributed by atoms with Gasteiger partial charge in [0.1, 0.15) is 5.75 Å². The fourth-order valence-corrected chi connectivity index (χ4v) is 3.25. The van der Waals surface area contributed by atoms with Crippen LogP contribution in [0, 0.1) is 0 Å². The molecule has 0 spiro atoms. The minimum atomic E-state index is -0.658. The summed E-state index contributed by atoms with van der Waals surface area (Å²) in [4.78, 5) is 18.6.